The number of nitro groups is 1. The molecule has 0 aromatic heterocycles. The molecule has 124 valence electrons. The number of hydrogen-bond acceptors (Lipinski definition) is 5. The van der Waals surface area contributed by atoms with Crippen LogP contribution in [0.2, 0.25) is 0 Å². The molecule has 0 fully saturated rings. The molecule has 1 N–H and O–H groups in total. The first-order chi connectivity index (χ1) is 10.9. The first-order valence-corrected chi connectivity index (χ1v) is 8.89. The summed E-state index contributed by atoms with van der Waals surface area (Å²) in [6, 6.07) is 9.94. The van der Waals surface area contributed by atoms with Crippen LogP contribution in [0.3, 0.4) is 0 Å². The smallest absolute Gasteiger partial charge is 0.342 e. The van der Waals surface area contributed by atoms with Gasteiger partial charge in [-0.1, -0.05) is 24.3 Å². The second-order valence-corrected chi connectivity index (χ2v) is 7.40. The first kappa shape index (κ1) is 17.4. The Bertz CT molecular complexity index is 763. The Morgan fingerprint density at radius 3 is 2.57 bits per heavy atom. The van der Waals surface area contributed by atoms with Gasteiger partial charge in [0.05, 0.1) is 10.3 Å². The van der Waals surface area contributed by atoms with E-state index < -0.39 is 12.4 Å². The van der Waals surface area contributed by atoms with Crippen LogP contribution >= 0.6 is 7.52 Å². The summed E-state index contributed by atoms with van der Waals surface area (Å²) in [6.07, 6.45) is -0.185. The number of nitrogens with zero attached hydrogens (tertiary/aromatic N) is 1. The summed E-state index contributed by atoms with van der Waals surface area (Å²) in [5.74, 6) is -0.0396. The standard InChI is InChI=1S/C15H19N2O5P/c1-11(2)16-23(20,10-21-3)22-14-9-8-12-6-4-5-7-13(12)15(14)17(18)19/h4-9,11H,10H2,1-3H3,(H,16,20). The highest BCUT2D eigenvalue weighted by atomic mass is 31.2. The average Bonchev–Trinajstić information content (AvgIpc) is 2.45. The molecule has 0 saturated heterocycles. The molecule has 0 spiro atoms. The van der Waals surface area contributed by atoms with Crippen molar-refractivity contribution in [1.82, 2.24) is 5.09 Å². The van der Waals surface area contributed by atoms with Gasteiger partial charge in [0, 0.05) is 13.2 Å². The monoisotopic (exact) mass is 338 g/mol. The second-order valence-electron chi connectivity index (χ2n) is 5.36. The Hall–Kier alpha value is -1.95. The van der Waals surface area contributed by atoms with Gasteiger partial charge in [0.2, 0.25) is 5.75 Å². The zero-order valence-corrected chi connectivity index (χ0v) is 14.1. The topological polar surface area (TPSA) is 90.7 Å². The molecule has 0 aliphatic heterocycles. The maximum atomic E-state index is 12.8. The van der Waals surface area contributed by atoms with Gasteiger partial charge in [-0.25, -0.2) is 5.09 Å². The Labute approximate surface area is 134 Å². The number of ether oxygens (including phenoxy) is 1. The van der Waals surface area contributed by atoms with Crippen molar-refractivity contribution in [2.24, 2.45) is 0 Å². The SMILES string of the molecule is COCP(=O)(NC(C)C)Oc1ccc2ccccc2c1[N+](=O)[O-]. The average molecular weight is 338 g/mol. The van der Waals surface area contributed by atoms with Gasteiger partial charge < -0.3 is 9.26 Å². The van der Waals surface area contributed by atoms with E-state index in [1.807, 2.05) is 0 Å². The van der Waals surface area contributed by atoms with Crippen LogP contribution in [0.25, 0.3) is 10.8 Å². The van der Waals surface area contributed by atoms with Gasteiger partial charge in [-0.15, -0.1) is 0 Å². The van der Waals surface area contributed by atoms with Crippen molar-refractivity contribution in [3.8, 4) is 5.75 Å². The van der Waals surface area contributed by atoms with Crippen LogP contribution in [0.5, 0.6) is 5.75 Å². The lowest BCUT2D eigenvalue weighted by atomic mass is 10.1. The summed E-state index contributed by atoms with van der Waals surface area (Å²) < 4.78 is 23.3. The summed E-state index contributed by atoms with van der Waals surface area (Å²) in [5.41, 5.74) is -0.204. The van der Waals surface area contributed by atoms with Gasteiger partial charge in [-0.2, -0.15) is 0 Å². The lowest BCUT2D eigenvalue weighted by Crippen LogP contribution is -2.24. The van der Waals surface area contributed by atoms with Crippen LogP contribution in [-0.2, 0) is 9.30 Å². The number of nitrogens with one attached hydrogen (secondary N) is 1. The van der Waals surface area contributed by atoms with Gasteiger partial charge >= 0.3 is 13.2 Å². The molecule has 0 radical (unpaired) electrons. The summed E-state index contributed by atoms with van der Waals surface area (Å²) in [6.45, 7) is 3.61. The quantitative estimate of drug-likeness (QED) is 0.467. The van der Waals surface area contributed by atoms with Gasteiger partial charge in [0.25, 0.3) is 0 Å². The summed E-state index contributed by atoms with van der Waals surface area (Å²) in [4.78, 5) is 11.0. The largest absolute Gasteiger partial charge is 0.424 e. The Morgan fingerprint density at radius 1 is 1.26 bits per heavy atom. The molecule has 2 aromatic rings. The zero-order valence-electron chi connectivity index (χ0n) is 13.2. The van der Waals surface area contributed by atoms with E-state index in [1.54, 1.807) is 44.2 Å². The minimum atomic E-state index is -3.42. The maximum absolute atomic E-state index is 12.8. The third-order valence-corrected chi connectivity index (χ3v) is 5.05. The van der Waals surface area contributed by atoms with Gasteiger partial charge in [-0.3, -0.25) is 14.7 Å². The minimum Gasteiger partial charge on any atom is -0.424 e. The molecule has 0 saturated carbocycles. The molecule has 23 heavy (non-hydrogen) atoms. The van der Waals surface area contributed by atoms with Crippen molar-refractivity contribution >= 4 is 24.0 Å². The molecule has 2 aromatic carbocycles. The summed E-state index contributed by atoms with van der Waals surface area (Å²) in [5, 5.41) is 15.4. The molecule has 0 heterocycles. The number of benzene rings is 2. The molecular weight excluding hydrogens is 319 g/mol. The normalized spacial score (nSPS) is 13.9. The van der Waals surface area contributed by atoms with Crippen LogP contribution in [-0.4, -0.2) is 24.4 Å². The Morgan fingerprint density at radius 2 is 1.96 bits per heavy atom. The molecule has 0 aliphatic rings. The van der Waals surface area contributed by atoms with E-state index in [0.717, 1.165) is 0 Å². The van der Waals surface area contributed by atoms with E-state index in [4.69, 9.17) is 9.26 Å². The van der Waals surface area contributed by atoms with Crippen LogP contribution in [0.15, 0.2) is 36.4 Å². The highest BCUT2D eigenvalue weighted by molar-refractivity contribution is 7.57. The van der Waals surface area contributed by atoms with Crippen molar-refractivity contribution in [1.29, 1.82) is 0 Å². The van der Waals surface area contributed by atoms with Gasteiger partial charge in [0.15, 0.2) is 0 Å². The third kappa shape index (κ3) is 4.07. The molecule has 0 bridgehead atoms. The van der Waals surface area contributed by atoms with E-state index in [0.29, 0.717) is 10.8 Å². The van der Waals surface area contributed by atoms with Crippen LogP contribution in [0.4, 0.5) is 5.69 Å². The molecule has 0 aliphatic carbocycles. The molecule has 2 rings (SSSR count). The predicted molar refractivity (Wildman–Crippen MR) is 89.0 cm³/mol. The van der Waals surface area contributed by atoms with E-state index in [1.165, 1.54) is 13.2 Å². The highest BCUT2D eigenvalue weighted by Crippen LogP contribution is 2.47. The molecule has 1 atom stereocenters. The van der Waals surface area contributed by atoms with Gasteiger partial charge in [0.1, 0.15) is 6.35 Å². The molecule has 7 nitrogen and oxygen atoms in total. The number of hydrogen-bond donors (Lipinski definition) is 1. The molecular formula is C15H19N2O5P. The van der Waals surface area contributed by atoms with Crippen LogP contribution in [0.1, 0.15) is 13.8 Å². The number of rotatable bonds is 7. The van der Waals surface area contributed by atoms with E-state index in [-0.39, 0.29) is 23.8 Å². The zero-order chi connectivity index (χ0) is 17.0. The van der Waals surface area contributed by atoms with Crippen molar-refractivity contribution < 1.29 is 18.7 Å². The van der Waals surface area contributed by atoms with E-state index in [9.17, 15) is 14.7 Å². The first-order valence-electron chi connectivity index (χ1n) is 7.08. The van der Waals surface area contributed by atoms with E-state index in [2.05, 4.69) is 5.09 Å². The second kappa shape index (κ2) is 7.08. The molecule has 8 heteroatoms. The lowest BCUT2D eigenvalue weighted by Gasteiger charge is -2.22. The fourth-order valence-corrected chi connectivity index (χ4v) is 4.08. The Balaban J connectivity index is 2.52. The maximum Gasteiger partial charge on any atom is 0.342 e. The summed E-state index contributed by atoms with van der Waals surface area (Å²) >= 11 is 0. The number of nitro benzene ring substituents is 1. The van der Waals surface area contributed by atoms with Crippen LogP contribution < -0.4 is 9.61 Å². The minimum absolute atomic E-state index is 0.0396. The fraction of sp³-hybridized carbons (Fsp3) is 0.333. The third-order valence-electron chi connectivity index (χ3n) is 3.05. The van der Waals surface area contributed by atoms with Crippen molar-refractivity contribution in [3.63, 3.8) is 0 Å². The Kier molecular flexibility index (Phi) is 5.36. The van der Waals surface area contributed by atoms with Crippen molar-refractivity contribution in [2.75, 3.05) is 13.5 Å². The number of fused-ring (bicyclic) bond motifs is 1. The van der Waals surface area contributed by atoms with Crippen molar-refractivity contribution in [3.05, 3.63) is 46.5 Å². The highest BCUT2D eigenvalue weighted by Gasteiger charge is 2.30. The fourth-order valence-electron chi connectivity index (χ4n) is 2.31. The lowest BCUT2D eigenvalue weighted by molar-refractivity contribution is -0.383. The predicted octanol–water partition coefficient (Wildman–Crippen LogP) is 3.92. The summed E-state index contributed by atoms with van der Waals surface area (Å²) in [7, 11) is -2.02. The van der Waals surface area contributed by atoms with E-state index >= 15 is 0 Å². The molecule has 1 unspecified atom stereocenters. The van der Waals surface area contributed by atoms with Crippen molar-refractivity contribution in [2.45, 2.75) is 19.9 Å². The van der Waals surface area contributed by atoms with Gasteiger partial charge in [-0.05, 0) is 31.4 Å². The number of methoxy groups -OCH3 is 1. The van der Waals surface area contributed by atoms with Crippen LogP contribution in [0, 0.1) is 10.1 Å². The molecule has 0 amide bonds.